The number of benzene rings is 2. The molecule has 9 atom stereocenters. The first kappa shape index (κ1) is 42.2. The molecule has 0 amide bonds. The SMILES string of the molecule is CC1(C)O[C@@H]2[C@@H](CO)C[C@@H](Nc3ccnc4cc(-c5ccc(Cl)c6ccc(CC7(C)O[C@@H]8[C@@H](CO)C[C@@H](Nc9ccnc%10cc(B%11OC(C)(C)C(C)(C)O%11)nn9%10)[C@@H]8O7)cc56)nn34)[C@@H]2O1. The van der Waals surface area contributed by atoms with Crippen molar-refractivity contribution in [3.05, 3.63) is 77.6 Å². The molecule has 2 aromatic carbocycles. The third-order valence-electron chi connectivity index (χ3n) is 14.3. The third kappa shape index (κ3) is 7.06. The Bertz CT molecular complexity index is 2770. The summed E-state index contributed by atoms with van der Waals surface area (Å²) in [6.45, 7) is 13.8. The molecular formula is C46H54BClN8O8. The standard InChI is InChI=1S/C46H54BClN8O8/c1-43(2)44(3,4)64-47(63-43)34-20-38-50-15-13-36(56(38)54-34)52-33-18-26(23-58)40-42(33)62-46(7,61-40)21-24-8-9-27-29(16-24)28(10-11-30(27)48)31-19-37-49-14-12-35(55(37)53-31)51-32-17-25(22-57)39-41(32)60-45(5,6)59-39/h8-16,19-20,25-26,32-33,39-42,51-52,57-58H,17-18,21-23H2,1-7H3/t25-,26-,32-,33-,39-,40-,41+,42+,46?/m1/s1. The second-order valence-corrected chi connectivity index (χ2v) is 20.2. The maximum atomic E-state index is 10.6. The summed E-state index contributed by atoms with van der Waals surface area (Å²) in [7, 11) is -0.626. The van der Waals surface area contributed by atoms with Crippen LogP contribution in [0.4, 0.5) is 11.6 Å². The molecule has 5 aliphatic rings. The largest absolute Gasteiger partial charge is 0.516 e. The van der Waals surface area contributed by atoms with Gasteiger partial charge in [-0.25, -0.2) is 9.97 Å². The van der Waals surface area contributed by atoms with Gasteiger partial charge in [0.25, 0.3) is 0 Å². The fourth-order valence-corrected chi connectivity index (χ4v) is 10.7. The molecular weight excluding hydrogens is 839 g/mol. The lowest BCUT2D eigenvalue weighted by atomic mass is 9.85. The number of nitrogens with one attached hydrogen (secondary N) is 2. The molecule has 64 heavy (non-hydrogen) atoms. The van der Waals surface area contributed by atoms with Crippen LogP contribution >= 0.6 is 11.6 Å². The molecule has 1 unspecified atom stereocenters. The lowest BCUT2D eigenvalue weighted by Gasteiger charge is -2.32. The predicted octanol–water partition coefficient (Wildman–Crippen LogP) is 5.39. The maximum Gasteiger partial charge on any atom is 0.516 e. The predicted molar refractivity (Wildman–Crippen MR) is 241 cm³/mol. The molecule has 0 bridgehead atoms. The molecule has 2 saturated carbocycles. The molecule has 4 aromatic heterocycles. The van der Waals surface area contributed by atoms with Gasteiger partial charge in [-0.1, -0.05) is 35.9 Å². The average molecular weight is 893 g/mol. The number of rotatable bonds is 10. The Kier molecular flexibility index (Phi) is 9.93. The molecule has 3 saturated heterocycles. The molecule has 0 radical (unpaired) electrons. The van der Waals surface area contributed by atoms with Crippen LogP contribution in [0, 0.1) is 11.8 Å². The summed E-state index contributed by atoms with van der Waals surface area (Å²) < 4.78 is 42.3. The van der Waals surface area contributed by atoms with E-state index in [1.165, 1.54) is 0 Å². The number of aliphatic hydroxyl groups excluding tert-OH is 2. The second-order valence-electron chi connectivity index (χ2n) is 19.8. The fourth-order valence-electron chi connectivity index (χ4n) is 10.5. The van der Waals surface area contributed by atoms with E-state index in [-0.39, 0.29) is 61.5 Å². The number of anilines is 2. The van der Waals surface area contributed by atoms with Gasteiger partial charge in [0, 0.05) is 72.0 Å². The lowest BCUT2D eigenvalue weighted by molar-refractivity contribution is -0.171. The van der Waals surface area contributed by atoms with Crippen LogP contribution in [0.5, 0.6) is 0 Å². The minimum atomic E-state index is -0.982. The molecule has 2 aliphatic carbocycles. The van der Waals surface area contributed by atoms with Crippen LogP contribution < -0.4 is 16.2 Å². The molecule has 336 valence electrons. The third-order valence-corrected chi connectivity index (χ3v) is 14.6. The molecule has 18 heteroatoms. The Balaban J connectivity index is 0.842. The summed E-state index contributed by atoms with van der Waals surface area (Å²) in [5, 5.41) is 40.4. The Hall–Kier alpha value is -4.43. The van der Waals surface area contributed by atoms with Gasteiger partial charge in [-0.15, -0.1) is 0 Å². The van der Waals surface area contributed by atoms with Crippen molar-refractivity contribution < 1.29 is 38.5 Å². The van der Waals surface area contributed by atoms with Crippen LogP contribution in [-0.2, 0) is 34.7 Å². The molecule has 3 aliphatic heterocycles. The highest BCUT2D eigenvalue weighted by Crippen LogP contribution is 2.46. The number of halogens is 1. The van der Waals surface area contributed by atoms with Crippen molar-refractivity contribution in [1.29, 1.82) is 0 Å². The zero-order valence-corrected chi connectivity index (χ0v) is 37.7. The van der Waals surface area contributed by atoms with Gasteiger partial charge in [0.05, 0.1) is 46.8 Å². The van der Waals surface area contributed by atoms with Gasteiger partial charge >= 0.3 is 7.12 Å². The number of aromatic nitrogens is 6. The van der Waals surface area contributed by atoms with E-state index in [1.807, 2.05) is 95.4 Å². The molecule has 11 rings (SSSR count). The molecule has 6 aromatic rings. The number of aliphatic hydroxyl groups is 2. The monoisotopic (exact) mass is 892 g/mol. The van der Waals surface area contributed by atoms with Gasteiger partial charge in [0.15, 0.2) is 22.9 Å². The summed E-state index contributed by atoms with van der Waals surface area (Å²) >= 11 is 6.84. The van der Waals surface area contributed by atoms with Crippen molar-refractivity contribution in [2.75, 3.05) is 23.8 Å². The molecule has 5 fully saturated rings. The fraction of sp³-hybridized carbons (Fsp3) is 0.522. The maximum absolute atomic E-state index is 10.6. The summed E-state index contributed by atoms with van der Waals surface area (Å²) in [5.41, 5.74) is 3.59. The van der Waals surface area contributed by atoms with Crippen LogP contribution in [0.2, 0.25) is 5.02 Å². The minimum absolute atomic E-state index is 0.0238. The van der Waals surface area contributed by atoms with E-state index < -0.39 is 29.9 Å². The highest BCUT2D eigenvalue weighted by molar-refractivity contribution is 6.61. The van der Waals surface area contributed by atoms with E-state index in [0.717, 1.165) is 39.2 Å². The lowest BCUT2D eigenvalue weighted by Crippen LogP contribution is -2.41. The van der Waals surface area contributed by atoms with Crippen molar-refractivity contribution in [2.24, 2.45) is 11.8 Å². The van der Waals surface area contributed by atoms with Crippen molar-refractivity contribution in [1.82, 2.24) is 29.2 Å². The second kappa shape index (κ2) is 15.1. The van der Waals surface area contributed by atoms with E-state index in [0.29, 0.717) is 41.2 Å². The Morgan fingerprint density at radius 2 is 1.27 bits per heavy atom. The van der Waals surface area contributed by atoms with E-state index in [9.17, 15) is 10.2 Å². The van der Waals surface area contributed by atoms with Crippen LogP contribution in [-0.4, -0.2) is 119 Å². The normalized spacial score (nSPS) is 31.4. The highest BCUT2D eigenvalue weighted by Gasteiger charge is 2.57. The Morgan fingerprint density at radius 3 is 1.92 bits per heavy atom. The molecule has 0 spiro atoms. The molecule has 4 N–H and O–H groups in total. The van der Waals surface area contributed by atoms with Gasteiger partial charge in [0.1, 0.15) is 23.8 Å². The number of ether oxygens (including phenoxy) is 4. The number of hydrogen-bond donors (Lipinski definition) is 4. The van der Waals surface area contributed by atoms with E-state index in [1.54, 1.807) is 16.9 Å². The van der Waals surface area contributed by atoms with Crippen molar-refractivity contribution in [3.8, 4) is 11.3 Å². The topological polar surface area (TPSA) is 180 Å². The van der Waals surface area contributed by atoms with Gasteiger partial charge in [0.2, 0.25) is 0 Å². The zero-order valence-electron chi connectivity index (χ0n) is 37.0. The molecule has 16 nitrogen and oxygen atoms in total. The van der Waals surface area contributed by atoms with Gasteiger partial charge in [-0.05, 0) is 90.5 Å². The van der Waals surface area contributed by atoms with Crippen LogP contribution in [0.1, 0.15) is 66.9 Å². The number of nitrogens with zero attached hydrogens (tertiary/aromatic N) is 6. The Morgan fingerprint density at radius 1 is 0.688 bits per heavy atom. The van der Waals surface area contributed by atoms with Gasteiger partial charge < -0.3 is 49.1 Å². The van der Waals surface area contributed by atoms with E-state index in [4.69, 9.17) is 50.1 Å². The summed E-state index contributed by atoms with van der Waals surface area (Å²) in [6.07, 6.45) is 4.22. The van der Waals surface area contributed by atoms with Gasteiger partial charge in [-0.2, -0.15) is 19.2 Å². The van der Waals surface area contributed by atoms with Crippen LogP contribution in [0.15, 0.2) is 67.0 Å². The van der Waals surface area contributed by atoms with Crippen molar-refractivity contribution in [3.63, 3.8) is 0 Å². The average Bonchev–Trinajstić information content (AvgIpc) is 4.11. The van der Waals surface area contributed by atoms with E-state index >= 15 is 0 Å². The highest BCUT2D eigenvalue weighted by atomic mass is 35.5. The number of hydrogen-bond acceptors (Lipinski definition) is 14. The molecule has 7 heterocycles. The van der Waals surface area contributed by atoms with Gasteiger partial charge in [-0.3, -0.25) is 0 Å². The smallest absolute Gasteiger partial charge is 0.398 e. The summed E-state index contributed by atoms with van der Waals surface area (Å²) in [4.78, 5) is 9.23. The van der Waals surface area contributed by atoms with Crippen molar-refractivity contribution in [2.45, 2.75) is 127 Å². The first-order valence-corrected chi connectivity index (χ1v) is 22.6. The summed E-state index contributed by atoms with van der Waals surface area (Å²) in [5.74, 6) is -0.385. The summed E-state index contributed by atoms with van der Waals surface area (Å²) in [6, 6.07) is 17.5. The van der Waals surface area contributed by atoms with E-state index in [2.05, 4.69) is 32.7 Å². The first-order chi connectivity index (χ1) is 30.5. The zero-order chi connectivity index (χ0) is 44.5. The minimum Gasteiger partial charge on any atom is -0.398 e. The first-order valence-electron chi connectivity index (χ1n) is 22.2. The van der Waals surface area contributed by atoms with Crippen LogP contribution in [0.25, 0.3) is 33.3 Å². The van der Waals surface area contributed by atoms with Crippen LogP contribution in [0.3, 0.4) is 0 Å². The Labute approximate surface area is 376 Å². The quantitative estimate of drug-likeness (QED) is 0.129. The van der Waals surface area contributed by atoms with Crippen molar-refractivity contribution >= 4 is 58.0 Å². The number of fused-ring (bicyclic) bond motifs is 5.